The second-order valence-corrected chi connectivity index (χ2v) is 7.36. The van der Waals surface area contributed by atoms with Gasteiger partial charge in [-0.1, -0.05) is 48.0 Å². The highest BCUT2D eigenvalue weighted by Gasteiger charge is 2.27. The molecule has 33 heavy (non-hydrogen) atoms. The zero-order valence-corrected chi connectivity index (χ0v) is 17.9. The third-order valence-electron chi connectivity index (χ3n) is 4.84. The summed E-state index contributed by atoms with van der Waals surface area (Å²) >= 11 is 0. The van der Waals surface area contributed by atoms with Crippen LogP contribution in [0.4, 0.5) is 11.4 Å². The lowest BCUT2D eigenvalue weighted by Crippen LogP contribution is -2.21. The monoisotopic (exact) mass is 446 g/mol. The molecule has 0 radical (unpaired) electrons. The number of nitrogens with zero attached hydrogens (tertiary/aromatic N) is 1. The molecule has 3 rings (SSSR count). The van der Waals surface area contributed by atoms with Crippen molar-refractivity contribution in [2.75, 3.05) is 5.32 Å². The fraction of sp³-hybridized carbons (Fsp3) is 0.160. The van der Waals surface area contributed by atoms with Crippen LogP contribution in [0.15, 0.2) is 78.9 Å². The van der Waals surface area contributed by atoms with Crippen LogP contribution in [0.25, 0.3) is 0 Å². The number of amides is 1. The summed E-state index contributed by atoms with van der Waals surface area (Å²) in [6.45, 7) is 1.93. The molecule has 8 heteroatoms. The van der Waals surface area contributed by atoms with Gasteiger partial charge >= 0.3 is 5.97 Å². The topological polar surface area (TPSA) is 116 Å². The van der Waals surface area contributed by atoms with Crippen LogP contribution in [0.3, 0.4) is 0 Å². The van der Waals surface area contributed by atoms with Crippen LogP contribution in [0.2, 0.25) is 0 Å². The molecule has 0 saturated carbocycles. The molecule has 3 aromatic carbocycles. The van der Waals surface area contributed by atoms with Crippen LogP contribution in [0.5, 0.6) is 0 Å². The number of ether oxygens (including phenoxy) is 1. The summed E-state index contributed by atoms with van der Waals surface area (Å²) in [5.74, 6) is -1.57. The molecule has 1 N–H and O–H groups in total. The van der Waals surface area contributed by atoms with E-state index in [4.69, 9.17) is 4.74 Å². The summed E-state index contributed by atoms with van der Waals surface area (Å²) in [6.07, 6.45) is -1.65. The highest BCUT2D eigenvalue weighted by molar-refractivity contribution is 6.01. The van der Waals surface area contributed by atoms with Gasteiger partial charge in [0.25, 0.3) is 5.69 Å². The minimum Gasteiger partial charge on any atom is -0.449 e. The van der Waals surface area contributed by atoms with E-state index < -0.39 is 22.8 Å². The molecule has 0 saturated heterocycles. The third-order valence-corrected chi connectivity index (χ3v) is 4.84. The number of carbonyl (C=O) groups is 3. The van der Waals surface area contributed by atoms with Crippen LogP contribution >= 0.6 is 0 Å². The van der Waals surface area contributed by atoms with Crippen LogP contribution < -0.4 is 5.32 Å². The van der Waals surface area contributed by atoms with E-state index >= 15 is 0 Å². The van der Waals surface area contributed by atoms with Gasteiger partial charge in [-0.25, -0.2) is 0 Å². The number of hydrogen-bond donors (Lipinski definition) is 1. The quantitative estimate of drug-likeness (QED) is 0.219. The Morgan fingerprint density at radius 1 is 0.909 bits per heavy atom. The first-order valence-corrected chi connectivity index (χ1v) is 10.2. The molecule has 168 valence electrons. The van der Waals surface area contributed by atoms with Crippen molar-refractivity contribution in [3.05, 3.63) is 106 Å². The van der Waals surface area contributed by atoms with Gasteiger partial charge in [-0.2, -0.15) is 0 Å². The smallest absolute Gasteiger partial charge is 0.307 e. The van der Waals surface area contributed by atoms with Gasteiger partial charge in [-0.3, -0.25) is 24.5 Å². The van der Waals surface area contributed by atoms with Gasteiger partial charge in [-0.15, -0.1) is 0 Å². The molecule has 0 aliphatic heterocycles. The van der Waals surface area contributed by atoms with Gasteiger partial charge in [0.05, 0.1) is 11.3 Å². The van der Waals surface area contributed by atoms with E-state index in [0.29, 0.717) is 16.8 Å². The van der Waals surface area contributed by atoms with Crippen molar-refractivity contribution < 1.29 is 24.0 Å². The number of nitro benzene ring substituents is 1. The highest BCUT2D eigenvalue weighted by Crippen LogP contribution is 2.25. The number of carbonyl (C=O) groups excluding carboxylic acids is 3. The van der Waals surface area contributed by atoms with E-state index in [9.17, 15) is 24.5 Å². The number of rotatable bonds is 9. The van der Waals surface area contributed by atoms with E-state index in [1.54, 1.807) is 42.5 Å². The van der Waals surface area contributed by atoms with Crippen molar-refractivity contribution in [1.82, 2.24) is 0 Å². The number of aryl methyl sites for hydroxylation is 1. The SMILES string of the molecule is Cc1ccc(NC(=O)CCC(=O)O[C@H](C(=O)c2ccccc2)c2ccc([N+](=O)[O-])cc2)cc1. The van der Waals surface area contributed by atoms with Crippen molar-refractivity contribution in [2.45, 2.75) is 25.9 Å². The number of Topliss-reactive ketones (excluding diaryl/α,β-unsaturated/α-hetero) is 1. The van der Waals surface area contributed by atoms with Gasteiger partial charge in [0, 0.05) is 35.4 Å². The first kappa shape index (κ1) is 23.3. The maximum atomic E-state index is 13.0. The minimum absolute atomic E-state index is 0.126. The lowest BCUT2D eigenvalue weighted by atomic mass is 9.99. The maximum Gasteiger partial charge on any atom is 0.307 e. The normalized spacial score (nSPS) is 11.3. The van der Waals surface area contributed by atoms with Crippen LogP contribution in [0.1, 0.15) is 40.4 Å². The Bertz CT molecular complexity index is 1140. The fourth-order valence-corrected chi connectivity index (χ4v) is 3.06. The molecule has 0 aromatic heterocycles. The van der Waals surface area contributed by atoms with Gasteiger partial charge in [0.15, 0.2) is 6.10 Å². The van der Waals surface area contributed by atoms with Crippen LogP contribution in [0, 0.1) is 17.0 Å². The molecule has 0 unspecified atom stereocenters. The second-order valence-electron chi connectivity index (χ2n) is 7.36. The molecular formula is C25H22N2O6. The highest BCUT2D eigenvalue weighted by atomic mass is 16.6. The Hall–Kier alpha value is -4.33. The summed E-state index contributed by atoms with van der Waals surface area (Å²) < 4.78 is 5.43. The number of nitrogens with one attached hydrogen (secondary N) is 1. The van der Waals surface area contributed by atoms with Crippen molar-refractivity contribution >= 4 is 29.0 Å². The van der Waals surface area contributed by atoms with Crippen molar-refractivity contribution in [3.8, 4) is 0 Å². The number of benzene rings is 3. The first-order valence-electron chi connectivity index (χ1n) is 10.2. The number of hydrogen-bond acceptors (Lipinski definition) is 6. The number of nitro groups is 1. The first-order chi connectivity index (χ1) is 15.8. The summed E-state index contributed by atoms with van der Waals surface area (Å²) in [5, 5.41) is 13.6. The Kier molecular flexibility index (Phi) is 7.64. The molecule has 0 aliphatic rings. The Morgan fingerprint density at radius 2 is 1.55 bits per heavy atom. The fourth-order valence-electron chi connectivity index (χ4n) is 3.06. The van der Waals surface area contributed by atoms with Gasteiger partial charge in [0.1, 0.15) is 0 Å². The standard InChI is InChI=1S/C25H22N2O6/c1-17-7-11-20(12-8-17)26-22(28)15-16-23(29)33-25(24(30)18-5-3-2-4-6-18)19-9-13-21(14-10-19)27(31)32/h2-14,25H,15-16H2,1H3,(H,26,28)/t25-/m0/s1. The number of esters is 1. The number of ketones is 1. The van der Waals surface area contributed by atoms with E-state index in [-0.39, 0.29) is 24.4 Å². The Labute approximate surface area is 190 Å². The molecule has 1 amide bonds. The third kappa shape index (κ3) is 6.57. The number of anilines is 1. The molecule has 3 aromatic rings. The van der Waals surface area contributed by atoms with E-state index in [2.05, 4.69) is 5.32 Å². The van der Waals surface area contributed by atoms with Crippen molar-refractivity contribution in [2.24, 2.45) is 0 Å². The maximum absolute atomic E-state index is 13.0. The predicted molar refractivity (Wildman–Crippen MR) is 122 cm³/mol. The number of non-ortho nitro benzene ring substituents is 1. The van der Waals surface area contributed by atoms with Crippen molar-refractivity contribution in [1.29, 1.82) is 0 Å². The Morgan fingerprint density at radius 3 is 2.15 bits per heavy atom. The zero-order valence-electron chi connectivity index (χ0n) is 17.9. The molecule has 0 heterocycles. The lowest BCUT2D eigenvalue weighted by Gasteiger charge is -2.17. The van der Waals surface area contributed by atoms with E-state index in [1.807, 2.05) is 19.1 Å². The molecule has 0 aliphatic carbocycles. The largest absolute Gasteiger partial charge is 0.449 e. The lowest BCUT2D eigenvalue weighted by molar-refractivity contribution is -0.384. The van der Waals surface area contributed by atoms with Gasteiger partial charge in [0.2, 0.25) is 11.7 Å². The summed E-state index contributed by atoms with van der Waals surface area (Å²) in [5.41, 5.74) is 2.14. The Balaban J connectivity index is 1.69. The average molecular weight is 446 g/mol. The predicted octanol–water partition coefficient (Wildman–Crippen LogP) is 4.79. The zero-order chi connectivity index (χ0) is 23.8. The average Bonchev–Trinajstić information content (AvgIpc) is 2.83. The molecule has 0 spiro atoms. The summed E-state index contributed by atoms with van der Waals surface area (Å²) in [7, 11) is 0. The van der Waals surface area contributed by atoms with Crippen molar-refractivity contribution in [3.63, 3.8) is 0 Å². The molecule has 8 nitrogen and oxygen atoms in total. The van der Waals surface area contributed by atoms with Gasteiger partial charge < -0.3 is 10.1 Å². The molecule has 1 atom stereocenters. The minimum atomic E-state index is -1.29. The van der Waals surface area contributed by atoms with Gasteiger partial charge in [-0.05, 0) is 31.2 Å². The summed E-state index contributed by atoms with van der Waals surface area (Å²) in [6, 6.07) is 20.7. The van der Waals surface area contributed by atoms with E-state index in [0.717, 1.165) is 5.56 Å². The molecule has 0 fully saturated rings. The van der Waals surface area contributed by atoms with E-state index in [1.165, 1.54) is 24.3 Å². The second kappa shape index (κ2) is 10.8. The molecular weight excluding hydrogens is 424 g/mol. The summed E-state index contributed by atoms with van der Waals surface area (Å²) in [4.78, 5) is 48.0. The van der Waals surface area contributed by atoms with Crippen LogP contribution in [-0.2, 0) is 14.3 Å². The molecule has 0 bridgehead atoms. The van der Waals surface area contributed by atoms with Crippen LogP contribution in [-0.4, -0.2) is 22.6 Å².